The Morgan fingerprint density at radius 2 is 2.22 bits per heavy atom. The van der Waals surface area contributed by atoms with Gasteiger partial charge in [0.2, 0.25) is 5.91 Å². The van der Waals surface area contributed by atoms with Gasteiger partial charge >= 0.3 is 5.97 Å². The average molecular weight is 266 g/mol. The lowest BCUT2D eigenvalue weighted by Gasteiger charge is -2.23. The van der Waals surface area contributed by atoms with E-state index in [-0.39, 0.29) is 23.4 Å². The number of amides is 2. The van der Waals surface area contributed by atoms with Gasteiger partial charge in [0.25, 0.3) is 5.24 Å². The summed E-state index contributed by atoms with van der Waals surface area (Å²) in [5.41, 5.74) is 0.288. The third-order valence-electron chi connectivity index (χ3n) is 2.41. The van der Waals surface area contributed by atoms with Crippen molar-refractivity contribution >= 4 is 28.9 Å². The molecule has 1 saturated heterocycles. The molecule has 1 aliphatic rings. The standard InChI is InChI=1S/C11H10N2O4S/c14-9-4-5-18-11(17)13(9)6-7-2-1-3-8(12-7)10(15)16/h1-3H,4-6H2,(H,15,16). The van der Waals surface area contributed by atoms with E-state index in [0.29, 0.717) is 17.9 Å². The van der Waals surface area contributed by atoms with Gasteiger partial charge in [0.15, 0.2) is 0 Å². The van der Waals surface area contributed by atoms with E-state index in [1.54, 1.807) is 6.07 Å². The van der Waals surface area contributed by atoms with Crippen LogP contribution in [-0.2, 0) is 11.3 Å². The monoisotopic (exact) mass is 266 g/mol. The van der Waals surface area contributed by atoms with Crippen molar-refractivity contribution in [2.24, 2.45) is 0 Å². The minimum atomic E-state index is -1.14. The van der Waals surface area contributed by atoms with E-state index in [4.69, 9.17) is 5.11 Å². The molecule has 0 radical (unpaired) electrons. The summed E-state index contributed by atoms with van der Waals surface area (Å²) in [6, 6.07) is 4.49. The summed E-state index contributed by atoms with van der Waals surface area (Å²) < 4.78 is 0. The normalized spacial score (nSPS) is 15.9. The molecule has 0 bridgehead atoms. The van der Waals surface area contributed by atoms with Gasteiger partial charge in [-0.2, -0.15) is 0 Å². The van der Waals surface area contributed by atoms with Gasteiger partial charge in [-0.15, -0.1) is 0 Å². The number of carbonyl (C=O) groups is 3. The average Bonchev–Trinajstić information content (AvgIpc) is 2.34. The number of rotatable bonds is 3. The number of carbonyl (C=O) groups excluding carboxylic acids is 2. The zero-order valence-electron chi connectivity index (χ0n) is 9.33. The van der Waals surface area contributed by atoms with Crippen molar-refractivity contribution in [1.82, 2.24) is 9.88 Å². The van der Waals surface area contributed by atoms with Crippen molar-refractivity contribution in [2.45, 2.75) is 13.0 Å². The highest BCUT2D eigenvalue weighted by Crippen LogP contribution is 2.20. The number of aromatic carboxylic acids is 1. The van der Waals surface area contributed by atoms with Gasteiger partial charge in [-0.25, -0.2) is 9.78 Å². The van der Waals surface area contributed by atoms with E-state index in [9.17, 15) is 14.4 Å². The van der Waals surface area contributed by atoms with Gasteiger partial charge in [-0.05, 0) is 12.1 Å². The number of carboxylic acids is 1. The number of hydrogen-bond donors (Lipinski definition) is 1. The lowest BCUT2D eigenvalue weighted by atomic mass is 10.2. The molecule has 0 saturated carbocycles. The SMILES string of the molecule is O=C(O)c1cccc(CN2C(=O)CCSC2=O)n1. The number of pyridine rings is 1. The van der Waals surface area contributed by atoms with Crippen LogP contribution in [0.25, 0.3) is 0 Å². The smallest absolute Gasteiger partial charge is 0.354 e. The molecule has 2 rings (SSSR count). The summed E-state index contributed by atoms with van der Waals surface area (Å²) in [4.78, 5) is 38.9. The lowest BCUT2D eigenvalue weighted by Crippen LogP contribution is -2.37. The Balaban J connectivity index is 2.17. The summed E-state index contributed by atoms with van der Waals surface area (Å²) in [5.74, 6) is -0.889. The quantitative estimate of drug-likeness (QED) is 0.888. The minimum Gasteiger partial charge on any atom is -0.477 e. The van der Waals surface area contributed by atoms with Crippen LogP contribution in [0, 0.1) is 0 Å². The second kappa shape index (κ2) is 5.18. The fraction of sp³-hybridized carbons (Fsp3) is 0.273. The van der Waals surface area contributed by atoms with Gasteiger partial charge < -0.3 is 5.11 Å². The van der Waals surface area contributed by atoms with Crippen molar-refractivity contribution in [3.63, 3.8) is 0 Å². The highest BCUT2D eigenvalue weighted by molar-refractivity contribution is 8.13. The van der Waals surface area contributed by atoms with Crippen molar-refractivity contribution in [3.8, 4) is 0 Å². The van der Waals surface area contributed by atoms with Crippen LogP contribution in [0.2, 0.25) is 0 Å². The Morgan fingerprint density at radius 1 is 1.44 bits per heavy atom. The molecule has 2 heterocycles. The molecule has 0 spiro atoms. The van der Waals surface area contributed by atoms with Crippen LogP contribution in [0.3, 0.4) is 0 Å². The molecule has 1 fully saturated rings. The summed E-state index contributed by atoms with van der Waals surface area (Å²) in [5, 5.41) is 8.49. The van der Waals surface area contributed by atoms with Crippen molar-refractivity contribution in [1.29, 1.82) is 0 Å². The molecule has 1 N–H and O–H groups in total. The zero-order chi connectivity index (χ0) is 13.1. The van der Waals surface area contributed by atoms with E-state index in [1.165, 1.54) is 12.1 Å². The Labute approximate surface area is 107 Å². The van der Waals surface area contributed by atoms with Crippen molar-refractivity contribution in [2.75, 3.05) is 5.75 Å². The molecule has 2 amide bonds. The Kier molecular flexibility index (Phi) is 3.61. The highest BCUT2D eigenvalue weighted by Gasteiger charge is 2.27. The zero-order valence-corrected chi connectivity index (χ0v) is 10.1. The summed E-state index contributed by atoms with van der Waals surface area (Å²) in [6.07, 6.45) is 0.315. The van der Waals surface area contributed by atoms with E-state index in [0.717, 1.165) is 16.7 Å². The third-order valence-corrected chi connectivity index (χ3v) is 3.28. The predicted octanol–water partition coefficient (Wildman–Crippen LogP) is 1.37. The molecule has 0 aliphatic carbocycles. The van der Waals surface area contributed by atoms with E-state index in [1.807, 2.05) is 0 Å². The van der Waals surface area contributed by atoms with Crippen LogP contribution in [0.15, 0.2) is 18.2 Å². The van der Waals surface area contributed by atoms with Crippen molar-refractivity contribution in [3.05, 3.63) is 29.6 Å². The molecule has 1 aromatic heterocycles. The largest absolute Gasteiger partial charge is 0.477 e. The highest BCUT2D eigenvalue weighted by atomic mass is 32.2. The first-order valence-corrected chi connectivity index (χ1v) is 6.23. The summed E-state index contributed by atoms with van der Waals surface area (Å²) in [6.45, 7) is 0.0196. The fourth-order valence-corrected chi connectivity index (χ4v) is 2.32. The van der Waals surface area contributed by atoms with Crippen LogP contribution in [0.5, 0.6) is 0 Å². The van der Waals surface area contributed by atoms with Gasteiger partial charge in [0, 0.05) is 12.2 Å². The van der Waals surface area contributed by atoms with E-state index >= 15 is 0 Å². The summed E-state index contributed by atoms with van der Waals surface area (Å²) >= 11 is 1.08. The first kappa shape index (κ1) is 12.6. The number of carboxylic acid groups (broad SMARTS) is 1. The molecule has 0 atom stereocenters. The topological polar surface area (TPSA) is 87.6 Å². The van der Waals surface area contributed by atoms with E-state index < -0.39 is 5.97 Å². The second-order valence-corrected chi connectivity index (χ2v) is 4.71. The molecule has 0 unspecified atom stereocenters. The van der Waals surface area contributed by atoms with Crippen LogP contribution in [0.1, 0.15) is 22.6 Å². The number of imide groups is 1. The Hall–Kier alpha value is -1.89. The molecular weight excluding hydrogens is 256 g/mol. The first-order chi connectivity index (χ1) is 8.58. The Morgan fingerprint density at radius 3 is 2.89 bits per heavy atom. The van der Waals surface area contributed by atoms with Crippen LogP contribution >= 0.6 is 11.8 Å². The van der Waals surface area contributed by atoms with Gasteiger partial charge in [0.05, 0.1) is 12.2 Å². The third kappa shape index (κ3) is 2.67. The van der Waals surface area contributed by atoms with Gasteiger partial charge in [-0.1, -0.05) is 17.8 Å². The first-order valence-electron chi connectivity index (χ1n) is 5.24. The molecule has 1 aromatic rings. The molecular formula is C11H10N2O4S. The van der Waals surface area contributed by atoms with Crippen LogP contribution in [-0.4, -0.2) is 37.9 Å². The fourth-order valence-electron chi connectivity index (χ4n) is 1.54. The van der Waals surface area contributed by atoms with Gasteiger partial charge in [-0.3, -0.25) is 14.5 Å². The predicted molar refractivity (Wildman–Crippen MR) is 64.2 cm³/mol. The number of nitrogens with zero attached hydrogens (tertiary/aromatic N) is 2. The molecule has 6 nitrogen and oxygen atoms in total. The molecule has 7 heteroatoms. The lowest BCUT2D eigenvalue weighted by molar-refractivity contribution is -0.128. The van der Waals surface area contributed by atoms with Gasteiger partial charge in [0.1, 0.15) is 5.69 Å². The second-order valence-electron chi connectivity index (χ2n) is 3.66. The van der Waals surface area contributed by atoms with E-state index in [2.05, 4.69) is 4.98 Å². The maximum absolute atomic E-state index is 11.6. The number of thioether (sulfide) groups is 1. The number of hydrogen-bond acceptors (Lipinski definition) is 5. The number of aromatic nitrogens is 1. The molecule has 1 aliphatic heterocycles. The molecule has 0 aromatic carbocycles. The minimum absolute atomic E-state index is 0.0196. The summed E-state index contributed by atoms with van der Waals surface area (Å²) in [7, 11) is 0. The van der Waals surface area contributed by atoms with Crippen LogP contribution < -0.4 is 0 Å². The molecule has 94 valence electrons. The maximum atomic E-state index is 11.6. The van der Waals surface area contributed by atoms with Crippen LogP contribution in [0.4, 0.5) is 4.79 Å². The van der Waals surface area contributed by atoms with Crippen molar-refractivity contribution < 1.29 is 19.5 Å². The molecule has 18 heavy (non-hydrogen) atoms. The Bertz CT molecular complexity index is 502. The maximum Gasteiger partial charge on any atom is 0.354 e.